The normalized spacial score (nSPS) is 11.8. The molecule has 0 bridgehead atoms. The highest BCUT2D eigenvalue weighted by atomic mass is 32.1. The predicted octanol–water partition coefficient (Wildman–Crippen LogP) is 11.7. The number of hydrogen-bond acceptors (Lipinski definition) is 5. The van der Waals surface area contributed by atoms with Crippen LogP contribution in [0.25, 0.3) is 62.9 Å². The molecule has 0 fully saturated rings. The molecule has 9 rings (SSSR count). The van der Waals surface area contributed by atoms with Gasteiger partial charge in [-0.2, -0.15) is 0 Å². The van der Waals surface area contributed by atoms with Crippen molar-refractivity contribution >= 4 is 92.1 Å². The minimum atomic E-state index is 0.878. The smallest absolute Gasteiger partial charge is 0.137 e. The van der Waals surface area contributed by atoms with E-state index in [4.69, 9.17) is 9.40 Å². The molecule has 0 spiro atoms. The summed E-state index contributed by atoms with van der Waals surface area (Å²) in [7, 11) is 0. The Morgan fingerprint density at radius 2 is 1.26 bits per heavy atom. The molecule has 6 aromatic carbocycles. The molecule has 0 saturated heterocycles. The van der Waals surface area contributed by atoms with Crippen molar-refractivity contribution in [3.05, 3.63) is 133 Å². The maximum absolute atomic E-state index is 6.34. The number of fused-ring (bicyclic) bond motifs is 8. The van der Waals surface area contributed by atoms with E-state index in [1.54, 1.807) is 11.3 Å². The van der Waals surface area contributed by atoms with Crippen LogP contribution in [0, 0.1) is 0 Å². The second-order valence-corrected chi connectivity index (χ2v) is 12.4. The van der Waals surface area contributed by atoms with E-state index in [-0.39, 0.29) is 0 Å². The van der Waals surface area contributed by atoms with Crippen LogP contribution >= 0.6 is 22.7 Å². The number of nitrogens with zero attached hydrogens (tertiary/aromatic N) is 2. The van der Waals surface area contributed by atoms with Gasteiger partial charge in [0.15, 0.2) is 0 Å². The number of para-hydroxylation sites is 2. The average Bonchev–Trinajstić information content (AvgIpc) is 3.75. The summed E-state index contributed by atoms with van der Waals surface area (Å²) in [6, 6.07) is 46.9. The lowest BCUT2D eigenvalue weighted by molar-refractivity contribution is 0.669. The third-order valence-corrected chi connectivity index (χ3v) is 10.2. The van der Waals surface area contributed by atoms with Crippen LogP contribution in [0.2, 0.25) is 0 Å². The molecule has 0 atom stereocenters. The van der Waals surface area contributed by atoms with E-state index in [0.717, 1.165) is 55.1 Å². The van der Waals surface area contributed by atoms with Crippen molar-refractivity contribution in [2.24, 2.45) is 0 Å². The Bertz CT molecular complexity index is 2420. The molecule has 3 aromatic heterocycles. The van der Waals surface area contributed by atoms with Crippen LogP contribution in [0.5, 0.6) is 0 Å². The number of benzene rings is 6. The van der Waals surface area contributed by atoms with Crippen LogP contribution in [0.15, 0.2) is 138 Å². The number of furan rings is 1. The summed E-state index contributed by atoms with van der Waals surface area (Å²) < 4.78 is 10.1. The fraction of sp³-hybridized carbons (Fsp3) is 0. The standard InChI is InChI=1S/C37H22N2OS2/c1-3-11-23(12-4-1)37-38-29-22-30(36-34(35(29)42-37)28-16-8-10-18-33(28)41-36)39(24-13-5-2-6-14-24)25-19-20-27-26-15-7-9-17-31(26)40-32(27)21-25/h1-22H. The first-order valence-corrected chi connectivity index (χ1v) is 15.5. The Hall–Kier alpha value is -4.97. The Morgan fingerprint density at radius 1 is 0.548 bits per heavy atom. The van der Waals surface area contributed by atoms with Gasteiger partial charge in [-0.25, -0.2) is 4.98 Å². The van der Waals surface area contributed by atoms with E-state index >= 15 is 0 Å². The summed E-state index contributed by atoms with van der Waals surface area (Å²) in [5, 5.41) is 5.84. The highest BCUT2D eigenvalue weighted by molar-refractivity contribution is 7.28. The third kappa shape index (κ3) is 3.61. The summed E-state index contributed by atoms with van der Waals surface area (Å²) in [5.74, 6) is 0. The van der Waals surface area contributed by atoms with Gasteiger partial charge in [-0.1, -0.05) is 84.9 Å². The van der Waals surface area contributed by atoms with Gasteiger partial charge in [0.05, 0.1) is 20.6 Å². The average molecular weight is 575 g/mol. The SMILES string of the molecule is c1ccc(-c2nc3cc(N(c4ccccc4)c4ccc5c(c4)oc4ccccc45)c4sc5ccccc5c4c3s2)cc1. The van der Waals surface area contributed by atoms with Gasteiger partial charge >= 0.3 is 0 Å². The molecule has 0 saturated carbocycles. The van der Waals surface area contributed by atoms with Crippen molar-refractivity contribution in [1.82, 2.24) is 4.98 Å². The molecule has 3 nitrogen and oxygen atoms in total. The first kappa shape index (κ1) is 23.7. The van der Waals surface area contributed by atoms with Gasteiger partial charge in [-0.05, 0) is 42.5 Å². The number of aromatic nitrogens is 1. The maximum Gasteiger partial charge on any atom is 0.137 e. The van der Waals surface area contributed by atoms with Crippen LogP contribution in [-0.2, 0) is 0 Å². The number of anilines is 3. The Labute approximate surface area is 249 Å². The van der Waals surface area contributed by atoms with Crippen molar-refractivity contribution in [3.8, 4) is 10.6 Å². The predicted molar refractivity (Wildman–Crippen MR) is 180 cm³/mol. The maximum atomic E-state index is 6.34. The molecule has 0 aliphatic rings. The molecule has 198 valence electrons. The minimum Gasteiger partial charge on any atom is -0.456 e. The number of thiophene rings is 1. The van der Waals surface area contributed by atoms with E-state index < -0.39 is 0 Å². The van der Waals surface area contributed by atoms with Crippen LogP contribution in [0.3, 0.4) is 0 Å². The largest absolute Gasteiger partial charge is 0.456 e. The topological polar surface area (TPSA) is 29.3 Å². The van der Waals surface area contributed by atoms with Crippen LogP contribution < -0.4 is 4.90 Å². The monoisotopic (exact) mass is 574 g/mol. The third-order valence-electron chi connectivity index (χ3n) is 7.88. The van der Waals surface area contributed by atoms with E-state index in [9.17, 15) is 0 Å². The van der Waals surface area contributed by atoms with Crippen LogP contribution in [0.1, 0.15) is 0 Å². The molecule has 0 aliphatic heterocycles. The highest BCUT2D eigenvalue weighted by Gasteiger charge is 2.23. The molecule has 0 amide bonds. The summed E-state index contributed by atoms with van der Waals surface area (Å²) in [5.41, 5.74) is 7.18. The second kappa shape index (κ2) is 9.28. The van der Waals surface area contributed by atoms with Crippen LogP contribution in [0.4, 0.5) is 17.1 Å². The molecule has 0 aliphatic carbocycles. The summed E-state index contributed by atoms with van der Waals surface area (Å²) in [6.45, 7) is 0. The lowest BCUT2D eigenvalue weighted by Crippen LogP contribution is -2.10. The summed E-state index contributed by atoms with van der Waals surface area (Å²) in [6.07, 6.45) is 0. The zero-order chi connectivity index (χ0) is 27.6. The number of thiazole rings is 1. The van der Waals surface area contributed by atoms with Gasteiger partial charge in [-0.15, -0.1) is 22.7 Å². The molecule has 3 heterocycles. The Morgan fingerprint density at radius 3 is 2.12 bits per heavy atom. The summed E-state index contributed by atoms with van der Waals surface area (Å²) in [4.78, 5) is 7.56. The van der Waals surface area contributed by atoms with Crippen molar-refractivity contribution in [2.45, 2.75) is 0 Å². The van der Waals surface area contributed by atoms with Gasteiger partial charge in [0.2, 0.25) is 0 Å². The van der Waals surface area contributed by atoms with Crippen molar-refractivity contribution in [2.75, 3.05) is 4.90 Å². The Kier molecular flexibility index (Phi) is 5.24. The molecule has 9 aromatic rings. The fourth-order valence-electron chi connectivity index (χ4n) is 5.98. The Balaban J connectivity index is 1.36. The lowest BCUT2D eigenvalue weighted by atomic mass is 10.1. The van der Waals surface area contributed by atoms with Gasteiger partial charge in [0, 0.05) is 49.2 Å². The van der Waals surface area contributed by atoms with Gasteiger partial charge in [-0.3, -0.25) is 0 Å². The molecule has 0 N–H and O–H groups in total. The number of hydrogen-bond donors (Lipinski definition) is 0. The first-order chi connectivity index (χ1) is 20.8. The van der Waals surface area contributed by atoms with Gasteiger partial charge in [0.25, 0.3) is 0 Å². The molecule has 0 radical (unpaired) electrons. The minimum absolute atomic E-state index is 0.878. The first-order valence-electron chi connectivity index (χ1n) is 13.9. The van der Waals surface area contributed by atoms with E-state index in [0.29, 0.717) is 0 Å². The zero-order valence-corrected chi connectivity index (χ0v) is 24.0. The lowest BCUT2D eigenvalue weighted by Gasteiger charge is -2.26. The molecular formula is C37H22N2OS2. The zero-order valence-electron chi connectivity index (χ0n) is 22.3. The number of rotatable bonds is 4. The van der Waals surface area contributed by atoms with Crippen molar-refractivity contribution in [3.63, 3.8) is 0 Å². The quantitative estimate of drug-likeness (QED) is 0.209. The molecule has 5 heteroatoms. The second-order valence-electron chi connectivity index (χ2n) is 10.4. The molecule has 42 heavy (non-hydrogen) atoms. The fourth-order valence-corrected chi connectivity index (χ4v) is 8.38. The van der Waals surface area contributed by atoms with Gasteiger partial charge < -0.3 is 9.32 Å². The molecular weight excluding hydrogens is 553 g/mol. The van der Waals surface area contributed by atoms with E-state index in [1.807, 2.05) is 23.5 Å². The summed E-state index contributed by atoms with van der Waals surface area (Å²) >= 11 is 3.62. The van der Waals surface area contributed by atoms with Crippen molar-refractivity contribution in [1.29, 1.82) is 0 Å². The van der Waals surface area contributed by atoms with E-state index in [1.165, 1.54) is 24.9 Å². The van der Waals surface area contributed by atoms with E-state index in [2.05, 4.69) is 126 Å². The van der Waals surface area contributed by atoms with Crippen molar-refractivity contribution < 1.29 is 4.42 Å². The van der Waals surface area contributed by atoms with Crippen LogP contribution in [-0.4, -0.2) is 4.98 Å². The molecule has 0 unspecified atom stereocenters. The van der Waals surface area contributed by atoms with Gasteiger partial charge in [0.1, 0.15) is 16.2 Å². The highest BCUT2D eigenvalue weighted by Crippen LogP contribution is 2.50.